The Balaban J connectivity index is 0.000000265. The van der Waals surface area contributed by atoms with E-state index in [9.17, 15) is 9.50 Å². The summed E-state index contributed by atoms with van der Waals surface area (Å²) in [5.41, 5.74) is 16.0. The Morgan fingerprint density at radius 2 is 0.971 bits per heavy atom. The zero-order valence-electron chi connectivity index (χ0n) is 22.9. The molecule has 0 aliphatic carbocycles. The van der Waals surface area contributed by atoms with E-state index in [-0.39, 0.29) is 33.3 Å². The first-order chi connectivity index (χ1) is 15.9. The number of rotatable bonds is 1. The maximum atomic E-state index is 12.9. The van der Waals surface area contributed by atoms with Gasteiger partial charge in [-0.05, 0) is 23.8 Å². The molecule has 0 saturated heterocycles. The maximum absolute atomic E-state index is 12.9. The van der Waals surface area contributed by atoms with Crippen molar-refractivity contribution in [1.82, 2.24) is 0 Å². The van der Waals surface area contributed by atoms with Crippen LogP contribution >= 0.6 is 0 Å². The van der Waals surface area contributed by atoms with Crippen molar-refractivity contribution in [3.05, 3.63) is 110 Å². The summed E-state index contributed by atoms with van der Waals surface area (Å²) in [7, 11) is 0. The largest absolute Gasteiger partial charge is 2.00 e. The Morgan fingerprint density at radius 3 is 1.29 bits per heavy atom. The molecule has 0 bridgehead atoms. The summed E-state index contributed by atoms with van der Waals surface area (Å²) in [6.45, 7) is 22.0. The van der Waals surface area contributed by atoms with Crippen molar-refractivity contribution >= 4 is 0 Å². The van der Waals surface area contributed by atoms with Gasteiger partial charge in [-0.1, -0.05) is 99.6 Å². The zero-order chi connectivity index (χ0) is 25.7. The Kier molecular flexibility index (Phi) is 11.4. The van der Waals surface area contributed by atoms with Crippen molar-refractivity contribution in [2.45, 2.75) is 69.2 Å². The second-order valence-electron chi connectivity index (χ2n) is 9.28. The molecule has 4 aromatic carbocycles. The molecular formula is C32H39FOTi. The first-order valence-electron chi connectivity index (χ1n) is 11.8. The Hall–Kier alpha value is -2.42. The van der Waals surface area contributed by atoms with Crippen molar-refractivity contribution in [1.29, 1.82) is 0 Å². The molecule has 4 aromatic rings. The average Bonchev–Trinajstić information content (AvgIpc) is 3.11. The normalized spacial score (nSPS) is 10.0. The summed E-state index contributed by atoms with van der Waals surface area (Å²) in [6, 6.07) is 13.1. The standard InChI is InChI=1S/C12H9FO.2C10H15.Ti/c13-10-6-7-12(14)11(8-10)9-4-2-1-3-5-9;2*1-6-7(2)9(4)10(5)8(6)3;/h1-8,14H;2*1-5H3;/q;2*-1;+2. The van der Waals surface area contributed by atoms with Gasteiger partial charge in [-0.3, -0.25) is 0 Å². The molecule has 1 nitrogen and oxygen atoms in total. The van der Waals surface area contributed by atoms with Crippen LogP contribution < -0.4 is 0 Å². The number of benzene rings is 2. The molecule has 0 amide bonds. The Morgan fingerprint density at radius 1 is 0.600 bits per heavy atom. The molecule has 0 aliphatic rings. The van der Waals surface area contributed by atoms with E-state index < -0.39 is 0 Å². The van der Waals surface area contributed by atoms with Crippen LogP contribution in [0, 0.1) is 75.1 Å². The first-order valence-corrected chi connectivity index (χ1v) is 11.8. The van der Waals surface area contributed by atoms with Gasteiger partial charge < -0.3 is 5.11 Å². The predicted molar refractivity (Wildman–Crippen MR) is 145 cm³/mol. The fourth-order valence-electron chi connectivity index (χ4n) is 4.17. The van der Waals surface area contributed by atoms with Crippen molar-refractivity contribution in [3.8, 4) is 16.9 Å². The second-order valence-corrected chi connectivity index (χ2v) is 9.28. The minimum atomic E-state index is -0.346. The number of hydrogen-bond acceptors (Lipinski definition) is 1. The summed E-state index contributed by atoms with van der Waals surface area (Å²) < 4.78 is 12.9. The molecule has 0 spiro atoms. The maximum Gasteiger partial charge on any atom is 2.00 e. The van der Waals surface area contributed by atoms with Gasteiger partial charge in [0.1, 0.15) is 11.6 Å². The van der Waals surface area contributed by atoms with E-state index in [0.717, 1.165) is 5.56 Å². The Labute approximate surface area is 226 Å². The number of phenolic OH excluding ortho intramolecular Hbond substituents is 1. The minimum absolute atomic E-state index is 0. The molecule has 0 radical (unpaired) electrons. The molecule has 0 heterocycles. The summed E-state index contributed by atoms with van der Waals surface area (Å²) in [5, 5.41) is 9.52. The van der Waals surface area contributed by atoms with Crippen LogP contribution in [0.25, 0.3) is 11.1 Å². The van der Waals surface area contributed by atoms with Gasteiger partial charge in [-0.25, -0.2) is 4.39 Å². The summed E-state index contributed by atoms with van der Waals surface area (Å²) >= 11 is 0. The van der Waals surface area contributed by atoms with E-state index in [1.165, 1.54) is 73.8 Å². The van der Waals surface area contributed by atoms with Crippen LogP contribution in [0.4, 0.5) is 4.39 Å². The third-order valence-electron chi connectivity index (χ3n) is 7.67. The third-order valence-corrected chi connectivity index (χ3v) is 7.67. The smallest absolute Gasteiger partial charge is 0.507 e. The first kappa shape index (κ1) is 30.6. The van der Waals surface area contributed by atoms with E-state index in [4.69, 9.17) is 0 Å². The summed E-state index contributed by atoms with van der Waals surface area (Å²) in [4.78, 5) is 0. The molecule has 0 saturated carbocycles. The number of hydrogen-bond donors (Lipinski definition) is 1. The van der Waals surface area contributed by atoms with Crippen molar-refractivity contribution < 1.29 is 31.2 Å². The van der Waals surface area contributed by atoms with Crippen molar-refractivity contribution in [2.75, 3.05) is 0 Å². The molecule has 0 fully saturated rings. The molecular weight excluding hydrogens is 467 g/mol. The van der Waals surface area contributed by atoms with E-state index in [1.54, 1.807) is 0 Å². The van der Waals surface area contributed by atoms with Gasteiger partial charge in [0.15, 0.2) is 0 Å². The second kappa shape index (κ2) is 13.0. The SMILES string of the molecule is Cc1c(C)c(C)[c-](C)c1C.Cc1c(C)c(C)[c-](C)c1C.Oc1ccc(F)cc1-c1ccccc1.[Ti+2]. The molecule has 184 valence electrons. The zero-order valence-corrected chi connectivity index (χ0v) is 24.5. The summed E-state index contributed by atoms with van der Waals surface area (Å²) in [5.74, 6) is -0.251. The van der Waals surface area contributed by atoms with Crippen LogP contribution in [-0.2, 0) is 21.7 Å². The average molecular weight is 507 g/mol. The quantitative estimate of drug-likeness (QED) is 0.202. The fraction of sp³-hybridized carbons (Fsp3) is 0.312. The molecule has 0 aromatic heterocycles. The van der Waals surface area contributed by atoms with E-state index in [0.29, 0.717) is 5.56 Å². The molecule has 0 unspecified atom stereocenters. The van der Waals surface area contributed by atoms with Gasteiger partial charge in [0.2, 0.25) is 0 Å². The number of phenols is 1. The molecule has 4 rings (SSSR count). The monoisotopic (exact) mass is 506 g/mol. The van der Waals surface area contributed by atoms with Crippen molar-refractivity contribution in [3.63, 3.8) is 0 Å². The van der Waals surface area contributed by atoms with Crippen LogP contribution in [0.15, 0.2) is 48.5 Å². The van der Waals surface area contributed by atoms with Gasteiger partial charge in [0.25, 0.3) is 0 Å². The molecule has 0 atom stereocenters. The van der Waals surface area contributed by atoms with Crippen LogP contribution in [0.2, 0.25) is 0 Å². The van der Waals surface area contributed by atoms with Crippen LogP contribution in [-0.4, -0.2) is 5.11 Å². The topological polar surface area (TPSA) is 20.2 Å². The van der Waals surface area contributed by atoms with Crippen LogP contribution in [0.1, 0.15) is 55.6 Å². The van der Waals surface area contributed by atoms with Gasteiger partial charge >= 0.3 is 21.7 Å². The van der Waals surface area contributed by atoms with Gasteiger partial charge in [-0.2, -0.15) is 55.6 Å². The fourth-order valence-corrected chi connectivity index (χ4v) is 4.17. The third kappa shape index (κ3) is 7.06. The molecule has 35 heavy (non-hydrogen) atoms. The molecule has 3 heteroatoms. The molecule has 1 N–H and O–H groups in total. The van der Waals surface area contributed by atoms with E-state index in [2.05, 4.69) is 69.2 Å². The molecule has 0 aliphatic heterocycles. The van der Waals surface area contributed by atoms with Crippen LogP contribution in [0.3, 0.4) is 0 Å². The Bertz CT molecular complexity index is 1040. The predicted octanol–water partition coefficient (Wildman–Crippen LogP) is 9.09. The summed E-state index contributed by atoms with van der Waals surface area (Å²) in [6.07, 6.45) is 0. The van der Waals surface area contributed by atoms with Crippen molar-refractivity contribution in [2.24, 2.45) is 0 Å². The van der Waals surface area contributed by atoms with E-state index in [1.807, 2.05) is 30.3 Å². The minimum Gasteiger partial charge on any atom is -0.507 e. The number of aromatic hydroxyl groups is 1. The van der Waals surface area contributed by atoms with Gasteiger partial charge in [0.05, 0.1) is 0 Å². The van der Waals surface area contributed by atoms with Gasteiger partial charge in [-0.15, -0.1) is 0 Å². The number of halogens is 1. The van der Waals surface area contributed by atoms with Gasteiger partial charge in [0, 0.05) is 5.56 Å². The van der Waals surface area contributed by atoms with E-state index >= 15 is 0 Å². The van der Waals surface area contributed by atoms with Crippen LogP contribution in [0.5, 0.6) is 5.75 Å².